The summed E-state index contributed by atoms with van der Waals surface area (Å²) in [4.78, 5) is 136. The van der Waals surface area contributed by atoms with Crippen molar-refractivity contribution in [3.05, 3.63) is 155 Å². The molecule has 9 heterocycles. The van der Waals surface area contributed by atoms with Crippen molar-refractivity contribution in [1.82, 2.24) is 58.1 Å². The molecule has 0 spiro atoms. The topological polar surface area (TPSA) is 277 Å². The summed E-state index contributed by atoms with van der Waals surface area (Å²) in [6.45, 7) is 8.92. The molecule has 0 atom stereocenters. The van der Waals surface area contributed by atoms with Gasteiger partial charge < -0.3 is 9.97 Å². The Balaban J connectivity index is 1.55. The lowest BCUT2D eigenvalue weighted by molar-refractivity contribution is 0.602. The van der Waals surface area contributed by atoms with E-state index in [9.17, 15) is 38.4 Å². The molecule has 2 aliphatic rings. The number of nitrogens with zero attached hydrogens (tertiary/aromatic N) is 6. The molecule has 72 heavy (non-hydrogen) atoms. The van der Waals surface area contributed by atoms with Crippen LogP contribution in [0.4, 0.5) is 0 Å². The number of rotatable bonds is 16. The number of aromatic nitrogens is 12. The Morgan fingerprint density at radius 1 is 0.347 bits per heavy atom. The Kier molecular flexibility index (Phi) is 13.7. The van der Waals surface area contributed by atoms with Crippen molar-refractivity contribution in [2.24, 2.45) is 0 Å². The van der Waals surface area contributed by atoms with Gasteiger partial charge in [-0.1, -0.05) is 53.4 Å². The van der Waals surface area contributed by atoms with Crippen molar-refractivity contribution in [2.45, 2.75) is 105 Å². The average Bonchev–Trinajstić information content (AvgIpc) is 4.19. The fourth-order valence-corrected chi connectivity index (χ4v) is 9.35. The molecule has 0 unspecified atom stereocenters. The van der Waals surface area contributed by atoms with Crippen LogP contribution in [0.5, 0.6) is 0 Å². The molecule has 6 N–H and O–H groups in total. The Bertz CT molecular complexity index is 3850. The van der Waals surface area contributed by atoms with E-state index in [-0.39, 0.29) is 60.3 Å². The molecule has 20 heteroatoms. The van der Waals surface area contributed by atoms with Gasteiger partial charge in [-0.25, -0.2) is 29.1 Å². The maximum atomic E-state index is 13.8. The smallest absolute Gasteiger partial charge is 0.328 e. The maximum Gasteiger partial charge on any atom is 0.328 e. The van der Waals surface area contributed by atoms with E-state index in [4.69, 9.17) is 9.97 Å². The van der Waals surface area contributed by atoms with Crippen molar-refractivity contribution in [1.29, 1.82) is 0 Å². The molecule has 8 bridgehead atoms. The summed E-state index contributed by atoms with van der Waals surface area (Å²) in [6, 6.07) is 12.4. The fourth-order valence-electron chi connectivity index (χ4n) is 9.35. The van der Waals surface area contributed by atoms with Crippen molar-refractivity contribution < 1.29 is 0 Å². The number of hydrogen-bond acceptors (Lipinski definition) is 10. The van der Waals surface area contributed by atoms with E-state index in [0.29, 0.717) is 81.4 Å². The van der Waals surface area contributed by atoms with Gasteiger partial charge in [-0.2, -0.15) is 0 Å². The van der Waals surface area contributed by atoms with Crippen LogP contribution in [0.25, 0.3) is 91.4 Å². The minimum absolute atomic E-state index is 0.221. The zero-order chi connectivity index (χ0) is 50.8. The highest BCUT2D eigenvalue weighted by atomic mass is 16.2. The molecule has 2 aliphatic heterocycles. The first kappa shape index (κ1) is 48.3. The molecule has 0 amide bonds. The van der Waals surface area contributed by atoms with Gasteiger partial charge in [-0.05, 0) is 74.3 Å². The van der Waals surface area contributed by atoms with E-state index in [0.717, 1.165) is 25.7 Å². The Hall–Kier alpha value is -8.68. The van der Waals surface area contributed by atoms with Crippen LogP contribution < -0.4 is 45.0 Å². The van der Waals surface area contributed by atoms with E-state index >= 15 is 0 Å². The van der Waals surface area contributed by atoms with Crippen molar-refractivity contribution in [3.8, 4) is 45.0 Å². The van der Waals surface area contributed by atoms with Crippen LogP contribution in [0.15, 0.2) is 86.9 Å². The average molecular weight is 975 g/mol. The van der Waals surface area contributed by atoms with Crippen LogP contribution in [0, 0.1) is 0 Å². The van der Waals surface area contributed by atoms with Gasteiger partial charge in [0.1, 0.15) is 0 Å². The lowest BCUT2D eigenvalue weighted by Crippen LogP contribution is -2.31. The second-order valence-corrected chi connectivity index (χ2v) is 17.8. The Labute approximate surface area is 408 Å². The highest BCUT2D eigenvalue weighted by Gasteiger charge is 2.25. The van der Waals surface area contributed by atoms with E-state index < -0.39 is 45.0 Å². The van der Waals surface area contributed by atoms with Crippen molar-refractivity contribution in [2.75, 3.05) is 0 Å². The van der Waals surface area contributed by atoms with Crippen LogP contribution >= 0.6 is 0 Å². The Morgan fingerprint density at radius 2 is 0.597 bits per heavy atom. The zero-order valence-electron chi connectivity index (χ0n) is 40.4. The van der Waals surface area contributed by atoms with E-state index in [2.05, 4.69) is 29.9 Å². The molecule has 9 rings (SSSR count). The quantitative estimate of drug-likeness (QED) is 0.0665. The van der Waals surface area contributed by atoms with Crippen LogP contribution in [0.3, 0.4) is 0 Å². The lowest BCUT2D eigenvalue weighted by atomic mass is 10.1. The summed E-state index contributed by atoms with van der Waals surface area (Å²) < 4.78 is 5.93. The molecule has 7 aromatic rings. The summed E-state index contributed by atoms with van der Waals surface area (Å²) in [7, 11) is 0. The monoisotopic (exact) mass is 974 g/mol. The van der Waals surface area contributed by atoms with E-state index in [1.165, 1.54) is 42.5 Å². The van der Waals surface area contributed by atoms with Crippen LogP contribution in [0.2, 0.25) is 0 Å². The Morgan fingerprint density at radius 3 is 0.889 bits per heavy atom. The first-order valence-electron chi connectivity index (χ1n) is 24.4. The lowest BCUT2D eigenvalue weighted by Gasteiger charge is -2.14. The van der Waals surface area contributed by atoms with Gasteiger partial charge in [0.05, 0.1) is 67.6 Å². The highest BCUT2D eigenvalue weighted by Crippen LogP contribution is 2.38. The zero-order valence-corrected chi connectivity index (χ0v) is 40.4. The molecule has 0 saturated carbocycles. The van der Waals surface area contributed by atoms with Gasteiger partial charge in [-0.3, -0.25) is 57.4 Å². The first-order valence-corrected chi connectivity index (χ1v) is 24.4. The number of unbranched alkanes of at least 4 members (excludes halogenated alkanes) is 4. The van der Waals surface area contributed by atoms with Gasteiger partial charge in [0.25, 0.3) is 22.2 Å². The first-order chi connectivity index (χ1) is 34.8. The summed E-state index contributed by atoms with van der Waals surface area (Å²) in [5.41, 5.74) is 0.0528. The molecular weight excluding hydrogens is 921 g/mol. The SMILES string of the molecule is CCCCn1c(-c2c3nc(c(-c4cc(=O)[nH]c(=O)n4CCCC)c4ccc([nH]4)c(-c4cc(=O)[nH]c(=O)n4CCCC)c4ccc([nH]4)c(-c4cc(=O)[nH]c(=O)n4CCCC)c4nc2C=C4)C=C3)cc(=O)[nH]c1=O. The third-order valence-corrected chi connectivity index (χ3v) is 12.9. The summed E-state index contributed by atoms with van der Waals surface area (Å²) in [5, 5.41) is 0. The number of nitrogens with one attached hydrogen (secondary N) is 6. The van der Waals surface area contributed by atoms with E-state index in [1.54, 1.807) is 48.6 Å². The number of fused-ring (bicyclic) bond motifs is 8. The molecule has 0 saturated heterocycles. The second kappa shape index (κ2) is 20.3. The van der Waals surface area contributed by atoms with Crippen molar-refractivity contribution >= 4 is 46.4 Å². The minimum Gasteiger partial charge on any atom is -0.354 e. The summed E-state index contributed by atoms with van der Waals surface area (Å²) >= 11 is 0. The van der Waals surface area contributed by atoms with Crippen LogP contribution in [0.1, 0.15) is 102 Å². The fraction of sp³-hybridized carbons (Fsp3) is 0.308. The number of H-pyrrole nitrogens is 6. The van der Waals surface area contributed by atoms with Gasteiger partial charge in [0.2, 0.25) is 0 Å². The van der Waals surface area contributed by atoms with Crippen LogP contribution in [-0.2, 0) is 26.2 Å². The third kappa shape index (κ3) is 9.25. The standard InChI is InChI=1S/C52H54N12O8/c1-5-9-21-61-37(25-41(65)57-49(61)69)45-29-13-15-31(53-29)46(38-26-42(66)58-50(70)62(38)22-10-6-2)33-17-19-35(55-33)48(40-28-44(68)60-52(72)64(40)24-12-8-4)36-20-18-34(56-36)47(32-16-14-30(45)54-32)39-27-43(67)59-51(71)63(39)23-11-7-3/h13-20,25-28,53-54H,5-12,21-24H2,1-4H3,(H,57,65,69)(H,58,66,70)(H,59,67,71)(H,60,68,72). The molecule has 0 aliphatic carbocycles. The van der Waals surface area contributed by atoms with Crippen molar-refractivity contribution in [3.63, 3.8) is 0 Å². The minimum atomic E-state index is -0.655. The second-order valence-electron chi connectivity index (χ2n) is 17.8. The van der Waals surface area contributed by atoms with Crippen LogP contribution in [-0.4, -0.2) is 58.1 Å². The van der Waals surface area contributed by atoms with E-state index in [1.807, 2.05) is 27.7 Å². The third-order valence-electron chi connectivity index (χ3n) is 12.9. The molecule has 0 aromatic carbocycles. The molecule has 7 aromatic heterocycles. The molecular formula is C52H54N12O8. The normalized spacial score (nSPS) is 12.1. The number of hydrogen-bond donors (Lipinski definition) is 6. The molecule has 0 fully saturated rings. The predicted octanol–water partition coefficient (Wildman–Crippen LogP) is 5.92. The van der Waals surface area contributed by atoms with Gasteiger partial charge >= 0.3 is 22.8 Å². The molecule has 0 radical (unpaired) electrons. The largest absolute Gasteiger partial charge is 0.354 e. The predicted molar refractivity (Wildman–Crippen MR) is 280 cm³/mol. The summed E-state index contributed by atoms with van der Waals surface area (Å²) in [6.07, 6.45) is 12.2. The highest BCUT2D eigenvalue weighted by molar-refractivity contribution is 5.99. The number of aromatic amines is 6. The van der Waals surface area contributed by atoms with Gasteiger partial charge in [-0.15, -0.1) is 0 Å². The molecule has 370 valence electrons. The summed E-state index contributed by atoms with van der Waals surface area (Å²) in [5.74, 6) is 0. The van der Waals surface area contributed by atoms with Gasteiger partial charge in [0.15, 0.2) is 0 Å². The molecule has 20 nitrogen and oxygen atoms in total. The van der Waals surface area contributed by atoms with Gasteiger partial charge in [0, 0.05) is 72.7 Å². The maximum absolute atomic E-state index is 13.8.